The second-order valence-electron chi connectivity index (χ2n) is 7.97. The van der Waals surface area contributed by atoms with Gasteiger partial charge in [0.15, 0.2) is 5.78 Å². The number of esters is 1. The van der Waals surface area contributed by atoms with Gasteiger partial charge in [0.1, 0.15) is 5.92 Å². The molecule has 1 aromatic carbocycles. The lowest BCUT2D eigenvalue weighted by Gasteiger charge is -2.33. The Morgan fingerprint density at radius 1 is 1.14 bits per heavy atom. The Labute approximate surface area is 183 Å². The Balaban J connectivity index is 1.67. The van der Waals surface area contributed by atoms with Gasteiger partial charge in [0.25, 0.3) is 0 Å². The summed E-state index contributed by atoms with van der Waals surface area (Å²) in [6, 6.07) is 5.15. The number of hydrogen-bond acceptors (Lipinski definition) is 3. The number of allylic oxidation sites excluding steroid dienone is 4. The second-order valence-corrected chi connectivity index (χ2v) is 8.81. The van der Waals surface area contributed by atoms with Crippen molar-refractivity contribution < 1.29 is 14.3 Å². The van der Waals surface area contributed by atoms with Crippen molar-refractivity contribution in [2.24, 2.45) is 23.7 Å². The van der Waals surface area contributed by atoms with E-state index in [0.29, 0.717) is 21.9 Å². The zero-order valence-electron chi connectivity index (χ0n) is 16.8. The van der Waals surface area contributed by atoms with Crippen molar-refractivity contribution in [3.05, 3.63) is 58.1 Å². The summed E-state index contributed by atoms with van der Waals surface area (Å²) in [6.07, 6.45) is 13.8. The standard InChI is InChI=1S/C24H28Cl2O3/c1-2-29-24(28)21(14-19-12-13-20(25)15-22(19)26)23(27)18-10-8-17(9-11-18)16-6-4-3-5-7-16/h3-6,12-13,15-18,21H,2,7-11,14H2,1H3/t16?,17-,18-,21?. The fourth-order valence-corrected chi connectivity index (χ4v) is 5.00. The van der Waals surface area contributed by atoms with E-state index in [-0.39, 0.29) is 24.7 Å². The number of ketones is 1. The van der Waals surface area contributed by atoms with Crippen LogP contribution in [0, 0.1) is 23.7 Å². The van der Waals surface area contributed by atoms with Crippen molar-refractivity contribution in [3.63, 3.8) is 0 Å². The quantitative estimate of drug-likeness (QED) is 0.377. The Kier molecular flexibility index (Phi) is 7.97. The molecule has 0 amide bonds. The van der Waals surface area contributed by atoms with Gasteiger partial charge in [0.2, 0.25) is 0 Å². The zero-order valence-corrected chi connectivity index (χ0v) is 18.3. The molecule has 0 spiro atoms. The predicted octanol–water partition coefficient (Wildman–Crippen LogP) is 6.22. The van der Waals surface area contributed by atoms with Crippen LogP contribution in [0.3, 0.4) is 0 Å². The lowest BCUT2D eigenvalue weighted by Crippen LogP contribution is -2.35. The summed E-state index contributed by atoms with van der Waals surface area (Å²) >= 11 is 12.3. The first-order valence-corrected chi connectivity index (χ1v) is 11.2. The van der Waals surface area contributed by atoms with Gasteiger partial charge in [0, 0.05) is 16.0 Å². The van der Waals surface area contributed by atoms with Crippen LogP contribution in [-0.4, -0.2) is 18.4 Å². The molecule has 0 aromatic heterocycles. The fraction of sp³-hybridized carbons (Fsp3) is 0.500. The van der Waals surface area contributed by atoms with Crippen LogP contribution < -0.4 is 0 Å². The summed E-state index contributed by atoms with van der Waals surface area (Å²) in [5, 5.41) is 1.00. The summed E-state index contributed by atoms with van der Waals surface area (Å²) in [4.78, 5) is 25.9. The maximum atomic E-state index is 13.3. The molecule has 29 heavy (non-hydrogen) atoms. The number of halogens is 2. The molecule has 1 saturated carbocycles. The predicted molar refractivity (Wildman–Crippen MR) is 117 cm³/mol. The third-order valence-corrected chi connectivity index (χ3v) is 6.73. The molecule has 1 fully saturated rings. The number of carbonyl (C=O) groups excluding carboxylic acids is 2. The number of ether oxygens (including phenoxy) is 1. The average molecular weight is 435 g/mol. The largest absolute Gasteiger partial charge is 0.465 e. The maximum absolute atomic E-state index is 13.3. The first kappa shape index (κ1) is 22.1. The van der Waals surface area contributed by atoms with E-state index in [1.165, 1.54) is 0 Å². The summed E-state index contributed by atoms with van der Waals surface area (Å²) in [5.41, 5.74) is 0.746. The Bertz CT molecular complexity index is 791. The van der Waals surface area contributed by atoms with Crippen molar-refractivity contribution in [2.45, 2.75) is 45.4 Å². The normalized spacial score (nSPS) is 24.9. The van der Waals surface area contributed by atoms with Crippen LogP contribution in [0.4, 0.5) is 0 Å². The van der Waals surface area contributed by atoms with Gasteiger partial charge < -0.3 is 4.74 Å². The molecular weight excluding hydrogens is 407 g/mol. The number of benzene rings is 1. The highest BCUT2D eigenvalue weighted by Crippen LogP contribution is 2.38. The third kappa shape index (κ3) is 5.73. The molecule has 2 aliphatic rings. The van der Waals surface area contributed by atoms with E-state index in [1.54, 1.807) is 25.1 Å². The monoisotopic (exact) mass is 434 g/mol. The summed E-state index contributed by atoms with van der Waals surface area (Å²) < 4.78 is 5.22. The fourth-order valence-electron chi connectivity index (χ4n) is 4.52. The van der Waals surface area contributed by atoms with Gasteiger partial charge in [-0.25, -0.2) is 0 Å². The van der Waals surface area contributed by atoms with Gasteiger partial charge in [-0.1, -0.05) is 53.6 Å². The Morgan fingerprint density at radius 3 is 2.52 bits per heavy atom. The van der Waals surface area contributed by atoms with Crippen LogP contribution >= 0.6 is 23.2 Å². The molecule has 2 unspecified atom stereocenters. The van der Waals surface area contributed by atoms with E-state index >= 15 is 0 Å². The molecule has 0 N–H and O–H groups in total. The van der Waals surface area contributed by atoms with E-state index in [0.717, 1.165) is 37.7 Å². The van der Waals surface area contributed by atoms with Crippen LogP contribution in [0.2, 0.25) is 10.0 Å². The SMILES string of the molecule is CCOC(=O)C(Cc1ccc(Cl)cc1Cl)C(=O)[C@H]1CC[C@H](C2C=CC=CC2)CC1. The first-order valence-electron chi connectivity index (χ1n) is 10.5. The number of rotatable bonds is 7. The van der Waals surface area contributed by atoms with Gasteiger partial charge in [-0.3, -0.25) is 9.59 Å². The third-order valence-electron chi connectivity index (χ3n) is 6.15. The van der Waals surface area contributed by atoms with E-state index in [4.69, 9.17) is 27.9 Å². The van der Waals surface area contributed by atoms with Crippen molar-refractivity contribution in [2.75, 3.05) is 6.61 Å². The molecule has 3 nitrogen and oxygen atoms in total. The van der Waals surface area contributed by atoms with Gasteiger partial charge in [-0.15, -0.1) is 0 Å². The summed E-state index contributed by atoms with van der Waals surface area (Å²) in [6.45, 7) is 2.01. The zero-order chi connectivity index (χ0) is 20.8. The number of carbonyl (C=O) groups is 2. The van der Waals surface area contributed by atoms with Crippen molar-refractivity contribution in [3.8, 4) is 0 Å². The lowest BCUT2D eigenvalue weighted by molar-refractivity contribution is -0.153. The van der Waals surface area contributed by atoms with E-state index < -0.39 is 11.9 Å². The van der Waals surface area contributed by atoms with E-state index in [2.05, 4.69) is 24.3 Å². The van der Waals surface area contributed by atoms with Crippen LogP contribution in [0.1, 0.15) is 44.6 Å². The van der Waals surface area contributed by atoms with Gasteiger partial charge >= 0.3 is 5.97 Å². The van der Waals surface area contributed by atoms with Crippen molar-refractivity contribution in [1.29, 1.82) is 0 Å². The van der Waals surface area contributed by atoms with Crippen LogP contribution in [0.15, 0.2) is 42.5 Å². The van der Waals surface area contributed by atoms with Crippen molar-refractivity contribution in [1.82, 2.24) is 0 Å². The van der Waals surface area contributed by atoms with Gasteiger partial charge in [-0.2, -0.15) is 0 Å². The van der Waals surface area contributed by atoms with Crippen LogP contribution in [-0.2, 0) is 20.7 Å². The minimum absolute atomic E-state index is 0.00741. The van der Waals surface area contributed by atoms with E-state index in [9.17, 15) is 9.59 Å². The molecule has 2 aliphatic carbocycles. The molecule has 0 heterocycles. The summed E-state index contributed by atoms with van der Waals surface area (Å²) in [5.74, 6) is -0.169. The molecule has 2 atom stereocenters. The molecule has 0 radical (unpaired) electrons. The van der Waals surface area contributed by atoms with Crippen LogP contribution in [0.25, 0.3) is 0 Å². The highest BCUT2D eigenvalue weighted by molar-refractivity contribution is 6.35. The molecule has 1 aromatic rings. The molecular formula is C24H28Cl2O3. The topological polar surface area (TPSA) is 43.4 Å². The molecule has 0 bridgehead atoms. The van der Waals surface area contributed by atoms with E-state index in [1.807, 2.05) is 0 Å². The summed E-state index contributed by atoms with van der Waals surface area (Å²) in [7, 11) is 0. The molecule has 0 aliphatic heterocycles. The highest BCUT2D eigenvalue weighted by Gasteiger charge is 2.37. The number of hydrogen-bond donors (Lipinski definition) is 0. The smallest absolute Gasteiger partial charge is 0.316 e. The minimum Gasteiger partial charge on any atom is -0.465 e. The lowest BCUT2D eigenvalue weighted by atomic mass is 9.71. The minimum atomic E-state index is -0.812. The number of Topliss-reactive ketones (excluding diaryl/α,β-unsaturated/α-hetero) is 1. The van der Waals surface area contributed by atoms with Crippen LogP contribution in [0.5, 0.6) is 0 Å². The Hall–Kier alpha value is -1.58. The second kappa shape index (κ2) is 10.4. The Morgan fingerprint density at radius 2 is 1.90 bits per heavy atom. The molecule has 5 heteroatoms. The van der Waals surface area contributed by atoms with Gasteiger partial charge in [0.05, 0.1) is 6.61 Å². The first-order chi connectivity index (χ1) is 14.0. The average Bonchev–Trinajstić information content (AvgIpc) is 2.73. The highest BCUT2D eigenvalue weighted by atomic mass is 35.5. The van der Waals surface area contributed by atoms with Gasteiger partial charge in [-0.05, 0) is 75.0 Å². The molecule has 0 saturated heterocycles. The van der Waals surface area contributed by atoms with Crippen molar-refractivity contribution >= 4 is 35.0 Å². The maximum Gasteiger partial charge on any atom is 0.316 e. The molecule has 3 rings (SSSR count). The molecule has 156 valence electrons.